The molecule has 1 aromatic rings. The summed E-state index contributed by atoms with van der Waals surface area (Å²) in [4.78, 5) is 0. The lowest BCUT2D eigenvalue weighted by Gasteiger charge is -2.02. The van der Waals surface area contributed by atoms with Crippen LogP contribution < -0.4 is 5.73 Å². The Morgan fingerprint density at radius 1 is 1.45 bits per heavy atom. The van der Waals surface area contributed by atoms with E-state index in [2.05, 4.69) is 15.9 Å². The maximum atomic E-state index is 12.9. The van der Waals surface area contributed by atoms with E-state index < -0.39 is 11.6 Å². The molecule has 0 atom stereocenters. The molecule has 0 aliphatic heterocycles. The number of nitrogen functional groups attached to an aromatic ring is 1. The van der Waals surface area contributed by atoms with E-state index in [9.17, 15) is 8.78 Å². The largest absolute Gasteiger partial charge is 0.395 e. The highest BCUT2D eigenvalue weighted by Gasteiger charge is 2.11. The summed E-state index contributed by atoms with van der Waals surface area (Å²) in [6, 6.07) is 1.01. The Morgan fingerprint density at radius 3 is 2.55 bits per heavy atom. The first-order valence-electron chi connectivity index (χ1n) is 2.62. The second kappa shape index (κ2) is 3.22. The molecule has 0 aromatic heterocycles. The van der Waals surface area contributed by atoms with Gasteiger partial charge in [-0.15, -0.1) is 0 Å². The van der Waals surface area contributed by atoms with Crippen molar-refractivity contribution >= 4 is 44.2 Å². The molecule has 0 amide bonds. The number of rotatable bonds is 0. The van der Waals surface area contributed by atoms with Crippen molar-refractivity contribution in [1.29, 1.82) is 0 Å². The minimum atomic E-state index is -0.609. The predicted octanol–water partition coefficient (Wildman–Crippen LogP) is 2.91. The minimum absolute atomic E-state index is 0.0913. The van der Waals surface area contributed by atoms with Crippen molar-refractivity contribution < 1.29 is 8.78 Å². The molecule has 0 spiro atoms. The maximum Gasteiger partial charge on any atom is 0.152 e. The van der Waals surface area contributed by atoms with Gasteiger partial charge in [-0.05, 0) is 44.6 Å². The van der Waals surface area contributed by atoms with Gasteiger partial charge < -0.3 is 5.73 Å². The second-order valence-electron chi connectivity index (χ2n) is 1.88. The van der Waals surface area contributed by atoms with Crippen LogP contribution in [0.25, 0.3) is 0 Å². The molecule has 60 valence electrons. The highest BCUT2D eigenvalue weighted by molar-refractivity contribution is 14.1. The first-order chi connectivity index (χ1) is 5.04. The number of halogens is 4. The lowest BCUT2D eigenvalue weighted by Crippen LogP contribution is -1.97. The number of nitrogens with two attached hydrogens (primary N) is 1. The fraction of sp³-hybridized carbons (Fsp3) is 0. The van der Waals surface area contributed by atoms with Gasteiger partial charge >= 0.3 is 0 Å². The summed E-state index contributed by atoms with van der Waals surface area (Å²) in [6.07, 6.45) is 0. The van der Waals surface area contributed by atoms with E-state index in [-0.39, 0.29) is 13.7 Å². The van der Waals surface area contributed by atoms with E-state index in [1.165, 1.54) is 0 Å². The molecule has 1 rings (SSSR count). The van der Waals surface area contributed by atoms with Gasteiger partial charge in [-0.25, -0.2) is 8.78 Å². The molecule has 0 fully saturated rings. The van der Waals surface area contributed by atoms with Gasteiger partial charge in [0, 0.05) is 0 Å². The first-order valence-corrected chi connectivity index (χ1v) is 4.49. The zero-order valence-electron chi connectivity index (χ0n) is 5.17. The molecule has 0 saturated carbocycles. The van der Waals surface area contributed by atoms with Crippen LogP contribution >= 0.6 is 38.5 Å². The van der Waals surface area contributed by atoms with Gasteiger partial charge in [-0.3, -0.25) is 0 Å². The van der Waals surface area contributed by atoms with Crippen LogP contribution in [0.4, 0.5) is 14.5 Å². The minimum Gasteiger partial charge on any atom is -0.395 e. The lowest BCUT2D eigenvalue weighted by molar-refractivity contribution is 0.592. The molecule has 1 aromatic carbocycles. The second-order valence-corrected chi connectivity index (χ2v) is 3.81. The SMILES string of the molecule is Nc1c(F)cc(Br)c(F)c1I. The summed E-state index contributed by atoms with van der Waals surface area (Å²) >= 11 is 4.51. The van der Waals surface area contributed by atoms with Gasteiger partial charge in [-0.2, -0.15) is 0 Å². The van der Waals surface area contributed by atoms with E-state index in [4.69, 9.17) is 5.73 Å². The van der Waals surface area contributed by atoms with Crippen molar-refractivity contribution in [3.05, 3.63) is 25.7 Å². The summed E-state index contributed by atoms with van der Waals surface area (Å²) < 4.78 is 25.8. The maximum absolute atomic E-state index is 12.9. The molecule has 0 saturated heterocycles. The topological polar surface area (TPSA) is 26.0 Å². The highest BCUT2D eigenvalue weighted by atomic mass is 127. The Morgan fingerprint density at radius 2 is 2.00 bits per heavy atom. The Labute approximate surface area is 84.2 Å². The molecule has 0 aliphatic rings. The summed E-state index contributed by atoms with van der Waals surface area (Å²) in [6.45, 7) is 0. The average molecular weight is 334 g/mol. The van der Waals surface area contributed by atoms with Crippen LogP contribution in [-0.4, -0.2) is 0 Å². The Hall–Kier alpha value is 0.0900. The van der Waals surface area contributed by atoms with Crippen LogP contribution in [-0.2, 0) is 0 Å². The first kappa shape index (κ1) is 9.18. The van der Waals surface area contributed by atoms with Crippen LogP contribution in [0.5, 0.6) is 0 Å². The van der Waals surface area contributed by atoms with Gasteiger partial charge in [0.2, 0.25) is 0 Å². The Balaban J connectivity index is 3.46. The average Bonchev–Trinajstić information content (AvgIpc) is 1.97. The van der Waals surface area contributed by atoms with E-state index in [0.29, 0.717) is 0 Å². The predicted molar refractivity (Wildman–Crippen MR) is 51.2 cm³/mol. The number of hydrogen-bond donors (Lipinski definition) is 1. The molecule has 2 N–H and O–H groups in total. The summed E-state index contributed by atoms with van der Waals surface area (Å²) in [7, 11) is 0. The molecular formula is C6H3BrF2IN. The van der Waals surface area contributed by atoms with Gasteiger partial charge in [0.05, 0.1) is 13.7 Å². The smallest absolute Gasteiger partial charge is 0.152 e. The van der Waals surface area contributed by atoms with Gasteiger partial charge in [0.15, 0.2) is 5.82 Å². The van der Waals surface area contributed by atoms with Crippen molar-refractivity contribution in [2.45, 2.75) is 0 Å². The zero-order chi connectivity index (χ0) is 8.59. The zero-order valence-corrected chi connectivity index (χ0v) is 8.91. The molecule has 0 aliphatic carbocycles. The fourth-order valence-electron chi connectivity index (χ4n) is 0.580. The lowest BCUT2D eigenvalue weighted by atomic mass is 10.3. The number of anilines is 1. The Kier molecular flexibility index (Phi) is 2.69. The summed E-state index contributed by atoms with van der Waals surface area (Å²) in [5.74, 6) is -1.13. The van der Waals surface area contributed by atoms with Crippen LogP contribution in [0.3, 0.4) is 0 Å². The van der Waals surface area contributed by atoms with Crippen LogP contribution in [0, 0.1) is 15.2 Å². The monoisotopic (exact) mass is 333 g/mol. The van der Waals surface area contributed by atoms with Crippen molar-refractivity contribution in [2.75, 3.05) is 5.73 Å². The molecular weight excluding hydrogens is 331 g/mol. The molecule has 1 nitrogen and oxygen atoms in total. The van der Waals surface area contributed by atoms with Crippen molar-refractivity contribution in [1.82, 2.24) is 0 Å². The van der Waals surface area contributed by atoms with Crippen LogP contribution in [0.15, 0.2) is 10.5 Å². The quantitative estimate of drug-likeness (QED) is 0.336. The third-order valence-electron chi connectivity index (χ3n) is 1.15. The van der Waals surface area contributed by atoms with E-state index in [1.807, 2.05) is 0 Å². The molecule has 0 heterocycles. The van der Waals surface area contributed by atoms with Gasteiger partial charge in [0.1, 0.15) is 5.82 Å². The van der Waals surface area contributed by atoms with Crippen molar-refractivity contribution in [3.8, 4) is 0 Å². The fourth-order valence-corrected chi connectivity index (χ4v) is 1.90. The molecule has 5 heteroatoms. The van der Waals surface area contributed by atoms with E-state index >= 15 is 0 Å². The molecule has 11 heavy (non-hydrogen) atoms. The van der Waals surface area contributed by atoms with E-state index in [0.717, 1.165) is 6.07 Å². The third-order valence-corrected chi connectivity index (χ3v) is 2.78. The summed E-state index contributed by atoms with van der Waals surface area (Å²) in [5, 5.41) is 0. The molecule has 0 radical (unpaired) electrons. The van der Waals surface area contributed by atoms with Gasteiger partial charge in [0.25, 0.3) is 0 Å². The van der Waals surface area contributed by atoms with Crippen LogP contribution in [0.2, 0.25) is 0 Å². The number of hydrogen-bond acceptors (Lipinski definition) is 1. The van der Waals surface area contributed by atoms with E-state index in [1.54, 1.807) is 22.6 Å². The highest BCUT2D eigenvalue weighted by Crippen LogP contribution is 2.27. The molecule has 0 bridgehead atoms. The molecule has 0 unspecified atom stereocenters. The third kappa shape index (κ3) is 1.64. The van der Waals surface area contributed by atoms with Crippen LogP contribution in [0.1, 0.15) is 0 Å². The van der Waals surface area contributed by atoms with Gasteiger partial charge in [-0.1, -0.05) is 0 Å². The standard InChI is InChI=1S/C6H3BrF2IN/c7-2-1-3(8)6(11)5(10)4(2)9/h1H,11H2. The number of benzene rings is 1. The normalized spacial score (nSPS) is 10.2. The Bertz CT molecular complexity index is 277. The van der Waals surface area contributed by atoms with Crippen molar-refractivity contribution in [2.24, 2.45) is 0 Å². The van der Waals surface area contributed by atoms with Crippen molar-refractivity contribution in [3.63, 3.8) is 0 Å². The summed E-state index contributed by atoms with van der Waals surface area (Å²) in [5.41, 5.74) is 5.06.